The quantitative estimate of drug-likeness (QED) is 0.569. The lowest BCUT2D eigenvalue weighted by Gasteiger charge is -2.11. The first kappa shape index (κ1) is 16.1. The number of carboxylic acid groups (broad SMARTS) is 1. The highest BCUT2D eigenvalue weighted by Gasteiger charge is 2.13. The van der Waals surface area contributed by atoms with Gasteiger partial charge in [-0.1, -0.05) is 11.6 Å². The number of benzene rings is 2. The Bertz CT molecular complexity index is 1140. The molecule has 6 nitrogen and oxygen atoms in total. The Labute approximate surface area is 153 Å². The van der Waals surface area contributed by atoms with Crippen LogP contribution >= 0.6 is 11.6 Å². The molecule has 4 aromatic rings. The summed E-state index contributed by atoms with van der Waals surface area (Å²) in [6.07, 6.45) is 5.13. The molecule has 0 unspecified atom stereocenters. The number of nitrogens with zero attached hydrogens (tertiary/aromatic N) is 3. The normalized spacial score (nSPS) is 11.0. The fourth-order valence-corrected chi connectivity index (χ4v) is 3.00. The molecular formula is C19H12ClN3O3. The van der Waals surface area contributed by atoms with E-state index in [9.17, 15) is 15.0 Å². The van der Waals surface area contributed by atoms with Gasteiger partial charge in [0.2, 0.25) is 0 Å². The van der Waals surface area contributed by atoms with E-state index in [0.29, 0.717) is 21.8 Å². The number of aromatic hydroxyl groups is 1. The summed E-state index contributed by atoms with van der Waals surface area (Å²) >= 11 is 6.11. The first-order chi connectivity index (χ1) is 12.5. The number of carboxylic acids is 1. The summed E-state index contributed by atoms with van der Waals surface area (Å²) in [4.78, 5) is 20.0. The number of rotatable bonds is 3. The fourth-order valence-electron chi connectivity index (χ4n) is 2.83. The predicted octanol–water partition coefficient (Wildman–Crippen LogP) is 4.14. The van der Waals surface area contributed by atoms with E-state index < -0.39 is 5.97 Å². The van der Waals surface area contributed by atoms with Crippen molar-refractivity contribution in [1.29, 1.82) is 0 Å². The molecule has 7 heteroatoms. The topological polar surface area (TPSA) is 88.2 Å². The number of aromatic carboxylic acids is 1. The van der Waals surface area contributed by atoms with Crippen LogP contribution in [-0.2, 0) is 0 Å². The van der Waals surface area contributed by atoms with Crippen molar-refractivity contribution in [3.8, 4) is 22.7 Å². The number of pyridine rings is 1. The zero-order chi connectivity index (χ0) is 18.3. The van der Waals surface area contributed by atoms with Gasteiger partial charge in [0.25, 0.3) is 0 Å². The van der Waals surface area contributed by atoms with Gasteiger partial charge in [-0.3, -0.25) is 0 Å². The molecule has 0 spiro atoms. The molecule has 0 bridgehead atoms. The number of hydrogen-bond donors (Lipinski definition) is 2. The predicted molar refractivity (Wildman–Crippen MR) is 97.9 cm³/mol. The van der Waals surface area contributed by atoms with Crippen molar-refractivity contribution in [1.82, 2.24) is 14.5 Å². The summed E-state index contributed by atoms with van der Waals surface area (Å²) in [5.74, 6) is -1.27. The van der Waals surface area contributed by atoms with E-state index in [2.05, 4.69) is 9.97 Å². The second kappa shape index (κ2) is 6.16. The summed E-state index contributed by atoms with van der Waals surface area (Å²) in [6, 6.07) is 11.3. The average molecular weight is 366 g/mol. The van der Waals surface area contributed by atoms with Crippen molar-refractivity contribution < 1.29 is 15.0 Å². The van der Waals surface area contributed by atoms with Crippen molar-refractivity contribution in [2.24, 2.45) is 0 Å². The summed E-state index contributed by atoms with van der Waals surface area (Å²) in [6.45, 7) is 0. The van der Waals surface area contributed by atoms with Crippen molar-refractivity contribution in [2.45, 2.75) is 0 Å². The number of hydrogen-bond acceptors (Lipinski definition) is 4. The van der Waals surface area contributed by atoms with E-state index in [1.165, 1.54) is 18.2 Å². The van der Waals surface area contributed by atoms with Gasteiger partial charge < -0.3 is 14.8 Å². The van der Waals surface area contributed by atoms with Crippen LogP contribution in [0.1, 0.15) is 10.4 Å². The first-order valence-corrected chi connectivity index (χ1v) is 8.05. The van der Waals surface area contributed by atoms with Crippen LogP contribution in [0.5, 0.6) is 5.75 Å². The van der Waals surface area contributed by atoms with Crippen molar-refractivity contribution >= 4 is 28.5 Å². The number of phenols is 1. The van der Waals surface area contributed by atoms with E-state index in [0.717, 1.165) is 11.1 Å². The Morgan fingerprint density at radius 1 is 1.12 bits per heavy atom. The Hall–Kier alpha value is -3.38. The molecule has 26 heavy (non-hydrogen) atoms. The van der Waals surface area contributed by atoms with Crippen LogP contribution in [0.4, 0.5) is 0 Å². The molecule has 2 heterocycles. The third-order valence-corrected chi connectivity index (χ3v) is 4.23. The van der Waals surface area contributed by atoms with Gasteiger partial charge in [0.15, 0.2) is 0 Å². The molecule has 0 amide bonds. The van der Waals surface area contributed by atoms with Crippen LogP contribution < -0.4 is 0 Å². The van der Waals surface area contributed by atoms with Crippen LogP contribution in [0.25, 0.3) is 27.8 Å². The molecular weight excluding hydrogens is 354 g/mol. The molecule has 0 fully saturated rings. The van der Waals surface area contributed by atoms with Gasteiger partial charge >= 0.3 is 5.97 Å². The van der Waals surface area contributed by atoms with E-state index >= 15 is 0 Å². The van der Waals surface area contributed by atoms with Gasteiger partial charge in [0.1, 0.15) is 5.75 Å². The fraction of sp³-hybridized carbons (Fsp3) is 0. The minimum atomic E-state index is -1.12. The summed E-state index contributed by atoms with van der Waals surface area (Å²) < 4.78 is 1.84. The number of aromatic nitrogens is 3. The molecule has 0 radical (unpaired) electrons. The molecule has 0 aliphatic rings. The number of halogens is 1. The molecule has 2 aromatic heterocycles. The molecule has 2 aromatic carbocycles. The highest BCUT2D eigenvalue weighted by Crippen LogP contribution is 2.31. The van der Waals surface area contributed by atoms with Crippen molar-refractivity contribution in [2.75, 3.05) is 0 Å². The Balaban J connectivity index is 2.01. The lowest BCUT2D eigenvalue weighted by Crippen LogP contribution is -1.99. The third-order valence-electron chi connectivity index (χ3n) is 3.99. The molecule has 0 aliphatic carbocycles. The number of imidazole rings is 1. The van der Waals surface area contributed by atoms with E-state index in [-0.39, 0.29) is 11.3 Å². The lowest BCUT2D eigenvalue weighted by atomic mass is 10.0. The smallest absolute Gasteiger partial charge is 0.335 e. The monoisotopic (exact) mass is 365 g/mol. The Morgan fingerprint density at radius 2 is 1.96 bits per heavy atom. The van der Waals surface area contributed by atoms with Gasteiger partial charge in [0, 0.05) is 28.4 Å². The molecule has 0 aliphatic heterocycles. The Kier molecular flexibility index (Phi) is 3.82. The standard InChI is InChI=1S/C19H12ClN3O3/c20-13-1-2-15-17(8-13)22-16(9-18(15)23-4-3-21-10-23)11-5-12(19(25)26)7-14(24)6-11/h1-10,24H,(H,25,26). The lowest BCUT2D eigenvalue weighted by molar-refractivity contribution is 0.0696. The second-order valence-corrected chi connectivity index (χ2v) is 6.17. The van der Waals surface area contributed by atoms with Crippen LogP contribution in [-0.4, -0.2) is 30.7 Å². The minimum absolute atomic E-state index is 0.0165. The van der Waals surface area contributed by atoms with Gasteiger partial charge in [0.05, 0.1) is 28.8 Å². The number of carbonyl (C=O) groups is 1. The third kappa shape index (κ3) is 2.87. The van der Waals surface area contributed by atoms with Crippen LogP contribution in [0.3, 0.4) is 0 Å². The highest BCUT2D eigenvalue weighted by atomic mass is 35.5. The van der Waals surface area contributed by atoms with Crippen molar-refractivity contribution in [3.63, 3.8) is 0 Å². The summed E-state index contributed by atoms with van der Waals surface area (Å²) in [5.41, 5.74) is 2.46. The number of phenolic OH excluding ortho intramolecular Hbond substituents is 1. The maximum Gasteiger partial charge on any atom is 0.335 e. The molecule has 0 saturated heterocycles. The Morgan fingerprint density at radius 3 is 2.69 bits per heavy atom. The second-order valence-electron chi connectivity index (χ2n) is 5.73. The van der Waals surface area contributed by atoms with Crippen LogP contribution in [0.2, 0.25) is 5.02 Å². The van der Waals surface area contributed by atoms with E-state index in [1.807, 2.05) is 16.7 Å². The van der Waals surface area contributed by atoms with E-state index in [4.69, 9.17) is 11.6 Å². The summed E-state index contributed by atoms with van der Waals surface area (Å²) in [5, 5.41) is 20.5. The first-order valence-electron chi connectivity index (χ1n) is 7.67. The summed E-state index contributed by atoms with van der Waals surface area (Å²) in [7, 11) is 0. The molecule has 0 atom stereocenters. The minimum Gasteiger partial charge on any atom is -0.508 e. The molecule has 4 rings (SSSR count). The van der Waals surface area contributed by atoms with Crippen LogP contribution in [0.15, 0.2) is 61.2 Å². The average Bonchev–Trinajstić information content (AvgIpc) is 3.14. The van der Waals surface area contributed by atoms with Gasteiger partial charge in [-0.2, -0.15) is 0 Å². The maximum atomic E-state index is 11.3. The molecule has 128 valence electrons. The zero-order valence-corrected chi connectivity index (χ0v) is 14.1. The number of fused-ring (bicyclic) bond motifs is 1. The molecule has 0 saturated carbocycles. The SMILES string of the molecule is O=C(O)c1cc(O)cc(-c2cc(-n3ccnc3)c3ccc(Cl)cc3n2)c1. The van der Waals surface area contributed by atoms with Gasteiger partial charge in [-0.25, -0.2) is 14.8 Å². The van der Waals surface area contributed by atoms with E-state index in [1.54, 1.807) is 30.9 Å². The van der Waals surface area contributed by atoms with Crippen molar-refractivity contribution in [3.05, 3.63) is 71.8 Å². The van der Waals surface area contributed by atoms with Crippen LogP contribution in [0, 0.1) is 0 Å². The highest BCUT2D eigenvalue weighted by molar-refractivity contribution is 6.31. The van der Waals surface area contributed by atoms with Gasteiger partial charge in [-0.05, 0) is 42.5 Å². The zero-order valence-electron chi connectivity index (χ0n) is 13.3. The molecule has 2 N–H and O–H groups in total. The maximum absolute atomic E-state index is 11.3. The van der Waals surface area contributed by atoms with Gasteiger partial charge in [-0.15, -0.1) is 0 Å². The largest absolute Gasteiger partial charge is 0.508 e.